The maximum atomic E-state index is 12.6. The van der Waals surface area contributed by atoms with Crippen LogP contribution < -0.4 is 0 Å². The summed E-state index contributed by atoms with van der Waals surface area (Å²) in [6.45, 7) is 0.749. The second kappa shape index (κ2) is 7.48. The summed E-state index contributed by atoms with van der Waals surface area (Å²) in [5.41, 5.74) is 0.552. The van der Waals surface area contributed by atoms with Gasteiger partial charge in [0, 0.05) is 0 Å². The van der Waals surface area contributed by atoms with E-state index >= 15 is 0 Å². The molecule has 28 heavy (non-hydrogen) atoms. The summed E-state index contributed by atoms with van der Waals surface area (Å²) in [7, 11) is 0. The van der Waals surface area contributed by atoms with Crippen LogP contribution in [0.3, 0.4) is 0 Å². The third kappa shape index (κ3) is 3.94. The predicted octanol–water partition coefficient (Wildman–Crippen LogP) is 3.14. The number of benzene rings is 1. The maximum Gasteiger partial charge on any atom is 0.339 e. The molecule has 4 fully saturated rings. The van der Waals surface area contributed by atoms with Crippen molar-refractivity contribution in [2.24, 2.45) is 11.8 Å². The Labute approximate surface area is 164 Å². The average molecular weight is 386 g/mol. The highest BCUT2D eigenvalue weighted by molar-refractivity contribution is 6.03. The van der Waals surface area contributed by atoms with E-state index in [9.17, 15) is 9.59 Å². The van der Waals surface area contributed by atoms with Crippen LogP contribution in [0.15, 0.2) is 24.3 Å². The summed E-state index contributed by atoms with van der Waals surface area (Å²) in [4.78, 5) is 25.2. The number of ether oxygens (including phenoxy) is 4. The molecule has 0 spiro atoms. The molecule has 2 saturated heterocycles. The van der Waals surface area contributed by atoms with Crippen LogP contribution in [-0.4, -0.2) is 49.6 Å². The van der Waals surface area contributed by atoms with Gasteiger partial charge in [-0.2, -0.15) is 0 Å². The summed E-state index contributed by atoms with van der Waals surface area (Å²) >= 11 is 0. The lowest BCUT2D eigenvalue weighted by Gasteiger charge is -2.20. The third-order valence-corrected chi connectivity index (χ3v) is 6.49. The van der Waals surface area contributed by atoms with E-state index in [0.717, 1.165) is 38.5 Å². The van der Waals surface area contributed by atoms with Crippen LogP contribution in [0.2, 0.25) is 0 Å². The van der Waals surface area contributed by atoms with Gasteiger partial charge < -0.3 is 18.9 Å². The minimum atomic E-state index is -0.460. The van der Waals surface area contributed by atoms with Gasteiger partial charge in [0.25, 0.3) is 0 Å². The first-order chi connectivity index (χ1) is 13.7. The van der Waals surface area contributed by atoms with Crippen molar-refractivity contribution in [3.63, 3.8) is 0 Å². The topological polar surface area (TPSA) is 77.7 Å². The maximum absolute atomic E-state index is 12.6. The predicted molar refractivity (Wildman–Crippen MR) is 99.0 cm³/mol. The Balaban J connectivity index is 1.15. The van der Waals surface area contributed by atoms with E-state index in [-0.39, 0.29) is 11.1 Å². The van der Waals surface area contributed by atoms with Gasteiger partial charge in [0.05, 0.1) is 48.8 Å². The summed E-state index contributed by atoms with van der Waals surface area (Å²) in [6.07, 6.45) is 7.62. The molecule has 0 radical (unpaired) electrons. The van der Waals surface area contributed by atoms with E-state index in [0.29, 0.717) is 49.5 Å². The molecular formula is C22H26O6. The number of carbonyl (C=O) groups excluding carboxylic acids is 2. The number of hydrogen-bond acceptors (Lipinski definition) is 6. The fraction of sp³-hybridized carbons (Fsp3) is 0.636. The molecule has 2 aliphatic heterocycles. The van der Waals surface area contributed by atoms with E-state index in [2.05, 4.69) is 0 Å². The van der Waals surface area contributed by atoms with Gasteiger partial charge >= 0.3 is 11.9 Å². The Morgan fingerprint density at radius 3 is 1.64 bits per heavy atom. The molecule has 0 aromatic heterocycles. The number of epoxide rings is 2. The smallest absolute Gasteiger partial charge is 0.339 e. The lowest BCUT2D eigenvalue weighted by molar-refractivity contribution is 0.0370. The monoisotopic (exact) mass is 386 g/mol. The van der Waals surface area contributed by atoms with Crippen molar-refractivity contribution in [2.75, 3.05) is 13.2 Å². The molecule has 6 heteroatoms. The van der Waals surface area contributed by atoms with Crippen molar-refractivity contribution in [2.45, 2.75) is 62.9 Å². The van der Waals surface area contributed by atoms with Crippen molar-refractivity contribution in [1.29, 1.82) is 0 Å². The number of esters is 2. The van der Waals surface area contributed by atoms with Crippen LogP contribution in [0.5, 0.6) is 0 Å². The van der Waals surface area contributed by atoms with Crippen LogP contribution in [0.4, 0.5) is 0 Å². The quantitative estimate of drug-likeness (QED) is 0.552. The Morgan fingerprint density at radius 2 is 1.21 bits per heavy atom. The zero-order valence-corrected chi connectivity index (χ0v) is 15.9. The molecule has 5 rings (SSSR count). The normalized spacial score (nSPS) is 35.3. The molecule has 6 nitrogen and oxygen atoms in total. The van der Waals surface area contributed by atoms with Crippen LogP contribution in [-0.2, 0) is 18.9 Å². The van der Waals surface area contributed by atoms with E-state index in [1.54, 1.807) is 24.3 Å². The molecule has 1 aromatic rings. The lowest BCUT2D eigenvalue weighted by atomic mass is 9.90. The summed E-state index contributed by atoms with van der Waals surface area (Å²) in [5, 5.41) is 0. The van der Waals surface area contributed by atoms with Crippen LogP contribution in [0.1, 0.15) is 59.2 Å². The Kier molecular flexibility index (Phi) is 4.85. The van der Waals surface area contributed by atoms with Gasteiger partial charge in [0.1, 0.15) is 0 Å². The molecule has 2 saturated carbocycles. The lowest BCUT2D eigenvalue weighted by Crippen LogP contribution is -2.23. The van der Waals surface area contributed by atoms with E-state index in [1.165, 1.54) is 0 Å². The SMILES string of the molecule is O=C(OCC1CCC2OC2C1)c1ccccc1C(=O)OCC1CCC2OC2C1. The van der Waals surface area contributed by atoms with Crippen molar-refractivity contribution in [1.82, 2.24) is 0 Å². The van der Waals surface area contributed by atoms with Crippen LogP contribution >= 0.6 is 0 Å². The van der Waals surface area contributed by atoms with Crippen LogP contribution in [0.25, 0.3) is 0 Å². The van der Waals surface area contributed by atoms with Gasteiger partial charge in [-0.1, -0.05) is 12.1 Å². The first-order valence-corrected chi connectivity index (χ1v) is 10.4. The van der Waals surface area contributed by atoms with Crippen LogP contribution in [0, 0.1) is 11.8 Å². The molecule has 0 N–H and O–H groups in total. The Bertz CT molecular complexity index is 698. The minimum Gasteiger partial charge on any atom is -0.462 e. The van der Waals surface area contributed by atoms with E-state index in [4.69, 9.17) is 18.9 Å². The molecular weight excluding hydrogens is 360 g/mol. The highest BCUT2D eigenvalue weighted by Crippen LogP contribution is 2.40. The van der Waals surface area contributed by atoms with Gasteiger partial charge in [-0.25, -0.2) is 9.59 Å². The molecule has 0 amide bonds. The molecule has 6 atom stereocenters. The first-order valence-electron chi connectivity index (χ1n) is 10.4. The highest BCUT2D eigenvalue weighted by atomic mass is 16.6. The zero-order chi connectivity index (χ0) is 19.1. The molecule has 4 aliphatic rings. The molecule has 0 bridgehead atoms. The first kappa shape index (κ1) is 18.1. The Hall–Kier alpha value is -1.92. The fourth-order valence-electron chi connectivity index (χ4n) is 4.66. The molecule has 2 heterocycles. The highest BCUT2D eigenvalue weighted by Gasteiger charge is 2.45. The van der Waals surface area contributed by atoms with Gasteiger partial charge in [-0.3, -0.25) is 0 Å². The molecule has 6 unspecified atom stereocenters. The van der Waals surface area contributed by atoms with Gasteiger partial charge in [0.15, 0.2) is 0 Å². The third-order valence-electron chi connectivity index (χ3n) is 6.49. The minimum absolute atomic E-state index is 0.276. The largest absolute Gasteiger partial charge is 0.462 e. The van der Waals surface area contributed by atoms with Crippen molar-refractivity contribution >= 4 is 11.9 Å². The number of carbonyl (C=O) groups is 2. The molecule has 1 aromatic carbocycles. The second-order valence-corrected chi connectivity index (χ2v) is 8.53. The van der Waals surface area contributed by atoms with E-state index in [1.807, 2.05) is 0 Å². The van der Waals surface area contributed by atoms with E-state index < -0.39 is 11.9 Å². The molecule has 150 valence electrons. The molecule has 2 aliphatic carbocycles. The summed E-state index contributed by atoms with van der Waals surface area (Å²) < 4.78 is 22.1. The number of hydrogen-bond donors (Lipinski definition) is 0. The summed E-state index contributed by atoms with van der Waals surface area (Å²) in [6, 6.07) is 6.73. The standard InChI is InChI=1S/C22H26O6/c23-21(25-11-13-5-7-17-19(9-13)27-17)15-3-1-2-4-16(15)22(24)26-12-14-6-8-18-20(10-14)28-18/h1-4,13-14,17-20H,5-12H2. The van der Waals surface area contributed by atoms with Crippen molar-refractivity contribution < 1.29 is 28.5 Å². The average Bonchev–Trinajstić information content (AvgIpc) is 3.64. The fourth-order valence-corrected chi connectivity index (χ4v) is 4.66. The number of rotatable bonds is 6. The van der Waals surface area contributed by atoms with Gasteiger partial charge in [-0.15, -0.1) is 0 Å². The zero-order valence-electron chi connectivity index (χ0n) is 15.9. The Morgan fingerprint density at radius 1 is 0.750 bits per heavy atom. The van der Waals surface area contributed by atoms with Crippen molar-refractivity contribution in [3.05, 3.63) is 35.4 Å². The number of fused-ring (bicyclic) bond motifs is 2. The van der Waals surface area contributed by atoms with Crippen molar-refractivity contribution in [3.8, 4) is 0 Å². The van der Waals surface area contributed by atoms with Gasteiger partial charge in [0.2, 0.25) is 0 Å². The summed E-state index contributed by atoms with van der Waals surface area (Å²) in [5.74, 6) is -0.241. The van der Waals surface area contributed by atoms with Gasteiger partial charge in [-0.05, 0) is 62.5 Å². The second-order valence-electron chi connectivity index (χ2n) is 8.53.